The molecule has 0 bridgehead atoms. The quantitative estimate of drug-likeness (QED) is 0.817. The van der Waals surface area contributed by atoms with E-state index in [-0.39, 0.29) is 6.04 Å². The summed E-state index contributed by atoms with van der Waals surface area (Å²) in [6.07, 6.45) is 4.84. The maximum absolute atomic E-state index is 4.28. The third-order valence-corrected chi connectivity index (χ3v) is 3.36. The Balaban J connectivity index is 2.08. The smallest absolute Gasteiger partial charge is 0.0552 e. The first-order valence-corrected chi connectivity index (χ1v) is 7.21. The van der Waals surface area contributed by atoms with Crippen LogP contribution in [-0.4, -0.2) is 11.5 Å². The molecule has 3 heteroatoms. The molecule has 1 atom stereocenters. The fourth-order valence-electron chi connectivity index (χ4n) is 2.29. The number of nitrogens with one attached hydrogen (secondary N) is 2. The fraction of sp³-hybridized carbons (Fsp3) is 0.353. The third kappa shape index (κ3) is 3.73. The molecule has 20 heavy (non-hydrogen) atoms. The highest BCUT2D eigenvalue weighted by Crippen LogP contribution is 2.22. The van der Waals surface area contributed by atoms with Crippen molar-refractivity contribution in [3.63, 3.8) is 0 Å². The highest BCUT2D eigenvalue weighted by Gasteiger charge is 2.08. The minimum atomic E-state index is 0.263. The van der Waals surface area contributed by atoms with Gasteiger partial charge in [0.25, 0.3) is 0 Å². The van der Waals surface area contributed by atoms with E-state index in [0.29, 0.717) is 0 Å². The Labute approximate surface area is 121 Å². The Morgan fingerprint density at radius 3 is 2.65 bits per heavy atom. The van der Waals surface area contributed by atoms with Crippen molar-refractivity contribution >= 4 is 11.4 Å². The minimum absolute atomic E-state index is 0.263. The number of hydrogen-bond donors (Lipinski definition) is 2. The van der Waals surface area contributed by atoms with Crippen LogP contribution in [0.15, 0.2) is 42.7 Å². The number of anilines is 2. The summed E-state index contributed by atoms with van der Waals surface area (Å²) in [7, 11) is 0. The van der Waals surface area contributed by atoms with E-state index < -0.39 is 0 Å². The second kappa shape index (κ2) is 6.94. The van der Waals surface area contributed by atoms with Gasteiger partial charge in [-0.3, -0.25) is 4.98 Å². The topological polar surface area (TPSA) is 37.0 Å². The van der Waals surface area contributed by atoms with Gasteiger partial charge in [0.05, 0.1) is 23.8 Å². The zero-order valence-corrected chi connectivity index (χ0v) is 12.5. The van der Waals surface area contributed by atoms with Crippen molar-refractivity contribution in [2.24, 2.45) is 0 Å². The Kier molecular flexibility index (Phi) is 4.99. The molecule has 3 nitrogen and oxygen atoms in total. The van der Waals surface area contributed by atoms with Gasteiger partial charge in [0.2, 0.25) is 0 Å². The Hall–Kier alpha value is -2.03. The van der Waals surface area contributed by atoms with Crippen LogP contribution < -0.4 is 10.6 Å². The third-order valence-electron chi connectivity index (χ3n) is 3.36. The number of aryl methyl sites for hydroxylation is 1. The summed E-state index contributed by atoms with van der Waals surface area (Å²) in [4.78, 5) is 4.28. The summed E-state index contributed by atoms with van der Waals surface area (Å²) in [6, 6.07) is 10.8. The summed E-state index contributed by atoms with van der Waals surface area (Å²) in [5.74, 6) is 0. The molecule has 0 aliphatic heterocycles. The van der Waals surface area contributed by atoms with E-state index >= 15 is 0 Å². The average molecular weight is 269 g/mol. The molecular weight excluding hydrogens is 246 g/mol. The first kappa shape index (κ1) is 14.4. The molecule has 0 fully saturated rings. The van der Waals surface area contributed by atoms with Crippen molar-refractivity contribution in [3.05, 3.63) is 53.9 Å². The molecule has 0 saturated heterocycles. The van der Waals surface area contributed by atoms with Gasteiger partial charge in [-0.2, -0.15) is 0 Å². The number of pyridine rings is 1. The molecule has 0 aliphatic carbocycles. The molecule has 2 aromatic rings. The predicted octanol–water partition coefficient (Wildman–Crippen LogP) is 4.39. The highest BCUT2D eigenvalue weighted by molar-refractivity contribution is 5.55. The summed E-state index contributed by atoms with van der Waals surface area (Å²) >= 11 is 0. The highest BCUT2D eigenvalue weighted by atomic mass is 14.9. The van der Waals surface area contributed by atoms with Gasteiger partial charge in [0, 0.05) is 12.6 Å². The lowest BCUT2D eigenvalue weighted by atomic mass is 10.0. The van der Waals surface area contributed by atoms with Crippen LogP contribution in [0.25, 0.3) is 0 Å². The molecule has 1 aromatic carbocycles. The zero-order valence-electron chi connectivity index (χ0n) is 12.5. The summed E-state index contributed by atoms with van der Waals surface area (Å²) in [5.41, 5.74) is 4.73. The molecule has 1 heterocycles. The number of benzene rings is 1. The largest absolute Gasteiger partial charge is 0.384 e. The van der Waals surface area contributed by atoms with Gasteiger partial charge in [0.1, 0.15) is 0 Å². The van der Waals surface area contributed by atoms with Gasteiger partial charge in [0.15, 0.2) is 0 Å². The van der Waals surface area contributed by atoms with E-state index in [2.05, 4.69) is 66.7 Å². The van der Waals surface area contributed by atoms with Crippen LogP contribution in [0.3, 0.4) is 0 Å². The molecule has 2 N–H and O–H groups in total. The van der Waals surface area contributed by atoms with Gasteiger partial charge in [-0.25, -0.2) is 0 Å². The zero-order chi connectivity index (χ0) is 14.4. The van der Waals surface area contributed by atoms with Crippen LogP contribution in [0.5, 0.6) is 0 Å². The molecule has 0 amide bonds. The van der Waals surface area contributed by atoms with E-state index in [0.717, 1.165) is 24.3 Å². The van der Waals surface area contributed by atoms with Crippen molar-refractivity contribution in [3.8, 4) is 0 Å². The van der Waals surface area contributed by atoms with Crippen LogP contribution in [0.4, 0.5) is 11.4 Å². The second-order valence-electron chi connectivity index (χ2n) is 5.11. The normalized spacial score (nSPS) is 11.9. The molecule has 1 aromatic heterocycles. The molecular formula is C17H23N3. The summed E-state index contributed by atoms with van der Waals surface area (Å²) in [5, 5.41) is 6.87. The van der Waals surface area contributed by atoms with Gasteiger partial charge in [-0.05, 0) is 37.5 Å². The molecule has 0 spiro atoms. The van der Waals surface area contributed by atoms with Crippen molar-refractivity contribution < 1.29 is 0 Å². The first-order valence-electron chi connectivity index (χ1n) is 7.21. The lowest BCUT2D eigenvalue weighted by molar-refractivity contribution is 0.872. The van der Waals surface area contributed by atoms with E-state index in [4.69, 9.17) is 0 Å². The molecule has 0 aliphatic rings. The van der Waals surface area contributed by atoms with Gasteiger partial charge in [-0.1, -0.05) is 31.2 Å². The average Bonchev–Trinajstić information content (AvgIpc) is 2.46. The lowest BCUT2D eigenvalue weighted by Crippen LogP contribution is -2.09. The monoisotopic (exact) mass is 269 g/mol. The van der Waals surface area contributed by atoms with Crippen molar-refractivity contribution in [1.29, 1.82) is 0 Å². The van der Waals surface area contributed by atoms with Crippen LogP contribution in [-0.2, 0) is 0 Å². The van der Waals surface area contributed by atoms with Crippen molar-refractivity contribution in [2.45, 2.75) is 33.2 Å². The minimum Gasteiger partial charge on any atom is -0.384 e. The first-order chi connectivity index (χ1) is 9.70. The van der Waals surface area contributed by atoms with Crippen LogP contribution in [0.1, 0.15) is 37.4 Å². The maximum atomic E-state index is 4.28. The number of nitrogens with zero attached hydrogens (tertiary/aromatic N) is 1. The summed E-state index contributed by atoms with van der Waals surface area (Å²) < 4.78 is 0. The van der Waals surface area contributed by atoms with Crippen LogP contribution in [0.2, 0.25) is 0 Å². The molecule has 0 saturated carbocycles. The predicted molar refractivity (Wildman–Crippen MR) is 86.2 cm³/mol. The van der Waals surface area contributed by atoms with Crippen LogP contribution in [0, 0.1) is 6.92 Å². The van der Waals surface area contributed by atoms with Crippen molar-refractivity contribution in [1.82, 2.24) is 4.98 Å². The molecule has 1 unspecified atom stereocenters. The van der Waals surface area contributed by atoms with Crippen LogP contribution >= 0.6 is 0 Å². The van der Waals surface area contributed by atoms with E-state index in [1.807, 2.05) is 12.4 Å². The lowest BCUT2D eigenvalue weighted by Gasteiger charge is -2.18. The molecule has 106 valence electrons. The van der Waals surface area contributed by atoms with Gasteiger partial charge < -0.3 is 10.6 Å². The van der Waals surface area contributed by atoms with E-state index in [1.54, 1.807) is 0 Å². The maximum Gasteiger partial charge on any atom is 0.0552 e. The SMILES string of the molecule is CCCNc1cncc(NC(C)c2ccccc2C)c1. The Bertz CT molecular complexity index is 551. The summed E-state index contributed by atoms with van der Waals surface area (Å²) in [6.45, 7) is 7.45. The number of hydrogen-bond acceptors (Lipinski definition) is 3. The molecule has 2 rings (SSSR count). The fourth-order valence-corrected chi connectivity index (χ4v) is 2.29. The van der Waals surface area contributed by atoms with E-state index in [9.17, 15) is 0 Å². The van der Waals surface area contributed by atoms with Gasteiger partial charge >= 0.3 is 0 Å². The number of aromatic nitrogens is 1. The van der Waals surface area contributed by atoms with E-state index in [1.165, 1.54) is 11.1 Å². The Morgan fingerprint density at radius 1 is 1.15 bits per heavy atom. The number of rotatable bonds is 6. The van der Waals surface area contributed by atoms with Gasteiger partial charge in [-0.15, -0.1) is 0 Å². The molecule has 0 radical (unpaired) electrons. The standard InChI is InChI=1S/C17H23N3/c1-4-9-19-15-10-16(12-18-11-15)20-14(3)17-8-6-5-7-13(17)2/h5-8,10-12,14,19-20H,4,9H2,1-3H3. The Morgan fingerprint density at radius 2 is 1.90 bits per heavy atom. The van der Waals surface area contributed by atoms with Crippen molar-refractivity contribution in [2.75, 3.05) is 17.2 Å². The second-order valence-corrected chi connectivity index (χ2v) is 5.11.